The zero-order valence-electron chi connectivity index (χ0n) is 27.2. The molecule has 1 aromatic heterocycles. The van der Waals surface area contributed by atoms with Crippen molar-refractivity contribution in [3.63, 3.8) is 0 Å². The smallest absolute Gasteiger partial charge is 0.406 e. The summed E-state index contributed by atoms with van der Waals surface area (Å²) in [5.74, 6) is 0.346. The number of hydrogen-bond acceptors (Lipinski definition) is 10. The number of nitrogens with one attached hydrogen (secondary N) is 2. The zero-order valence-corrected chi connectivity index (χ0v) is 27.9. The molecule has 3 aromatic rings. The van der Waals surface area contributed by atoms with E-state index in [4.69, 9.17) is 30.5 Å². The van der Waals surface area contributed by atoms with Gasteiger partial charge in [-0.15, -0.1) is 0 Å². The summed E-state index contributed by atoms with van der Waals surface area (Å²) in [7, 11) is 3.14. The number of benzene rings is 2. The number of halogens is 1. The number of para-hydroxylation sites is 1. The second-order valence-corrected chi connectivity index (χ2v) is 11.9. The van der Waals surface area contributed by atoms with Crippen LogP contribution >= 0.6 is 11.6 Å². The molecule has 2 N–H and O–H groups in total. The minimum atomic E-state index is -0.787. The van der Waals surface area contributed by atoms with E-state index in [9.17, 15) is 14.4 Å². The fourth-order valence-corrected chi connectivity index (χ4v) is 5.59. The van der Waals surface area contributed by atoms with Crippen LogP contribution in [-0.2, 0) is 38.6 Å². The van der Waals surface area contributed by atoms with Crippen molar-refractivity contribution in [2.45, 2.75) is 50.9 Å². The molecule has 3 amide bonds. The lowest BCUT2D eigenvalue weighted by atomic mass is 10.1. The minimum absolute atomic E-state index is 0.0541. The van der Waals surface area contributed by atoms with Crippen molar-refractivity contribution in [1.82, 2.24) is 25.5 Å². The molecule has 2 fully saturated rings. The van der Waals surface area contributed by atoms with Gasteiger partial charge >= 0.3 is 12.1 Å². The van der Waals surface area contributed by atoms with Crippen LogP contribution in [0.5, 0.6) is 11.8 Å². The van der Waals surface area contributed by atoms with Crippen LogP contribution in [0.3, 0.4) is 0 Å². The first kappa shape index (κ1) is 34.9. The first-order chi connectivity index (χ1) is 23.4. The summed E-state index contributed by atoms with van der Waals surface area (Å²) in [5, 5.41) is 6.03. The molecular weight excluding hydrogens is 640 g/mol. The Hall–Kier alpha value is -4.46. The van der Waals surface area contributed by atoms with Crippen LogP contribution in [-0.4, -0.2) is 91.9 Å². The number of carbonyl (C=O) groups is 3. The lowest BCUT2D eigenvalue weighted by Crippen LogP contribution is -2.61. The predicted octanol–water partition coefficient (Wildman–Crippen LogP) is 3.52. The number of hydrogen-bond donors (Lipinski definition) is 2. The molecule has 5 rings (SSSR count). The van der Waals surface area contributed by atoms with E-state index in [2.05, 4.69) is 20.6 Å². The lowest BCUT2D eigenvalue weighted by molar-refractivity contribution is -0.136. The van der Waals surface area contributed by atoms with Crippen LogP contribution in [0.1, 0.15) is 36.0 Å². The Bertz CT molecular complexity index is 1560. The molecule has 14 heteroatoms. The normalized spacial score (nSPS) is 15.9. The van der Waals surface area contributed by atoms with Crippen LogP contribution in [0.25, 0.3) is 0 Å². The molecule has 0 spiro atoms. The van der Waals surface area contributed by atoms with Crippen molar-refractivity contribution in [2.75, 3.05) is 52.0 Å². The highest BCUT2D eigenvalue weighted by Crippen LogP contribution is 2.32. The molecular formula is C34H41ClN6O7. The van der Waals surface area contributed by atoms with Gasteiger partial charge in [0.1, 0.15) is 11.8 Å². The molecule has 1 atom stereocenters. The van der Waals surface area contributed by atoms with Gasteiger partial charge in [0, 0.05) is 49.6 Å². The molecule has 2 aliphatic rings. The molecule has 13 nitrogen and oxygen atoms in total. The molecule has 1 saturated carbocycles. The number of rotatable bonds is 16. The molecule has 1 aliphatic heterocycles. The topological polar surface area (TPSA) is 144 Å². The third-order valence-corrected chi connectivity index (χ3v) is 8.40. The van der Waals surface area contributed by atoms with Gasteiger partial charge in [0.15, 0.2) is 0 Å². The summed E-state index contributed by atoms with van der Waals surface area (Å²) in [6, 6.07) is 12.7. The van der Waals surface area contributed by atoms with Gasteiger partial charge in [-0.05, 0) is 36.1 Å². The standard InChI is InChI=1S/C34H41ClN6O7/c1-36-34(44)48-15-12-23-8-11-28(35)25(16-23)21-40(26-9-10-26)32(43)29-19-37-20-31(42)41(29)27-17-38-33(39-18-27)47-14-5-13-46-22-24-6-3-4-7-30(24)45-2/h3-4,6-8,11,16-18,26,29,37H,5,9-10,12-15,19-22H2,1-2H3,(H,36,44)/t29-/m1/s1. The highest BCUT2D eigenvalue weighted by Gasteiger charge is 2.41. The molecule has 0 bridgehead atoms. The van der Waals surface area contributed by atoms with Gasteiger partial charge in [-0.2, -0.15) is 0 Å². The number of anilines is 1. The first-order valence-corrected chi connectivity index (χ1v) is 16.3. The highest BCUT2D eigenvalue weighted by molar-refractivity contribution is 6.31. The Labute approximate surface area is 284 Å². The van der Waals surface area contributed by atoms with E-state index in [0.717, 1.165) is 35.3 Å². The summed E-state index contributed by atoms with van der Waals surface area (Å²) >= 11 is 6.57. The summed E-state index contributed by atoms with van der Waals surface area (Å²) < 4.78 is 21.9. The van der Waals surface area contributed by atoms with Gasteiger partial charge in [0.05, 0.1) is 58.2 Å². The summed E-state index contributed by atoms with van der Waals surface area (Å²) in [5.41, 5.74) is 3.10. The average Bonchev–Trinajstić information content (AvgIpc) is 3.95. The number of alkyl carbamates (subject to hydrolysis) is 1. The molecule has 2 aromatic carbocycles. The second-order valence-electron chi connectivity index (χ2n) is 11.5. The Morgan fingerprint density at radius 2 is 1.88 bits per heavy atom. The van der Waals surface area contributed by atoms with Crippen molar-refractivity contribution in [2.24, 2.45) is 0 Å². The maximum absolute atomic E-state index is 14.1. The van der Waals surface area contributed by atoms with E-state index in [1.807, 2.05) is 36.4 Å². The highest BCUT2D eigenvalue weighted by atomic mass is 35.5. The Kier molecular flexibility index (Phi) is 12.4. The maximum Gasteiger partial charge on any atom is 0.406 e. The summed E-state index contributed by atoms with van der Waals surface area (Å²) in [6.07, 6.45) is 5.39. The van der Waals surface area contributed by atoms with Gasteiger partial charge in [0.2, 0.25) is 11.8 Å². The van der Waals surface area contributed by atoms with Crippen molar-refractivity contribution in [3.05, 3.63) is 76.6 Å². The fourth-order valence-electron chi connectivity index (χ4n) is 5.41. The average molecular weight is 681 g/mol. The van der Waals surface area contributed by atoms with Crippen LogP contribution in [0.15, 0.2) is 54.9 Å². The van der Waals surface area contributed by atoms with Crippen LogP contribution in [0.4, 0.5) is 10.5 Å². The molecule has 1 aliphatic carbocycles. The van der Waals surface area contributed by atoms with Crippen molar-refractivity contribution in [1.29, 1.82) is 0 Å². The molecule has 0 radical (unpaired) electrons. The van der Waals surface area contributed by atoms with Gasteiger partial charge in [0.25, 0.3) is 0 Å². The number of ether oxygens (including phenoxy) is 4. The molecule has 1 saturated heterocycles. The van der Waals surface area contributed by atoms with Crippen LogP contribution in [0, 0.1) is 0 Å². The maximum atomic E-state index is 14.1. The van der Waals surface area contributed by atoms with E-state index in [-0.39, 0.29) is 50.1 Å². The SMILES string of the molecule is CNC(=O)OCCc1ccc(Cl)c(CN(C(=O)[C@H]2CNCC(=O)N2c2cnc(OCCCOCc3ccccc3OC)nc2)C2CC2)c1. The largest absolute Gasteiger partial charge is 0.496 e. The zero-order chi connectivity index (χ0) is 33.9. The van der Waals surface area contributed by atoms with E-state index >= 15 is 0 Å². The van der Waals surface area contributed by atoms with Gasteiger partial charge in [-0.3, -0.25) is 14.5 Å². The van der Waals surface area contributed by atoms with Crippen molar-refractivity contribution in [3.8, 4) is 11.8 Å². The van der Waals surface area contributed by atoms with E-state index < -0.39 is 12.1 Å². The molecule has 0 unspecified atom stereocenters. The number of nitrogens with zero attached hydrogens (tertiary/aromatic N) is 4. The number of amides is 3. The van der Waals surface area contributed by atoms with Crippen LogP contribution < -0.4 is 25.0 Å². The minimum Gasteiger partial charge on any atom is -0.496 e. The fraction of sp³-hybridized carbons (Fsp3) is 0.441. The first-order valence-electron chi connectivity index (χ1n) is 16.0. The number of piperazine rings is 1. The molecule has 2 heterocycles. The quantitative estimate of drug-likeness (QED) is 0.216. The lowest BCUT2D eigenvalue weighted by Gasteiger charge is -2.38. The molecule has 256 valence electrons. The van der Waals surface area contributed by atoms with Gasteiger partial charge < -0.3 is 34.5 Å². The summed E-state index contributed by atoms with van der Waals surface area (Å²) in [6.45, 7) is 2.13. The van der Waals surface area contributed by atoms with Gasteiger partial charge in [-0.1, -0.05) is 41.9 Å². The van der Waals surface area contributed by atoms with E-state index in [1.165, 1.54) is 24.3 Å². The number of carbonyl (C=O) groups excluding carboxylic acids is 3. The molecule has 48 heavy (non-hydrogen) atoms. The Morgan fingerprint density at radius 3 is 2.62 bits per heavy atom. The Morgan fingerprint density at radius 1 is 1.08 bits per heavy atom. The second kappa shape index (κ2) is 17.1. The number of aromatic nitrogens is 2. The van der Waals surface area contributed by atoms with E-state index in [1.54, 1.807) is 18.1 Å². The van der Waals surface area contributed by atoms with Crippen LogP contribution in [0.2, 0.25) is 5.02 Å². The number of methoxy groups -OCH3 is 1. The Balaban J connectivity index is 1.18. The third-order valence-electron chi connectivity index (χ3n) is 8.04. The monoisotopic (exact) mass is 680 g/mol. The predicted molar refractivity (Wildman–Crippen MR) is 178 cm³/mol. The van der Waals surface area contributed by atoms with Crippen molar-refractivity contribution >= 4 is 35.2 Å². The van der Waals surface area contributed by atoms with E-state index in [0.29, 0.717) is 43.4 Å². The third kappa shape index (κ3) is 9.33. The van der Waals surface area contributed by atoms with Gasteiger partial charge in [-0.25, -0.2) is 14.8 Å². The summed E-state index contributed by atoms with van der Waals surface area (Å²) in [4.78, 5) is 50.6. The van der Waals surface area contributed by atoms with Crippen molar-refractivity contribution < 1.29 is 33.3 Å².